The molecule has 0 fully saturated rings. The number of carbonyl (C=O) groups excluding carboxylic acids is 2. The first-order valence-electron chi connectivity index (χ1n) is 8.10. The largest absolute Gasteiger partial charge is 0.375 e. The number of anilines is 2. The molecule has 0 aromatic heterocycles. The monoisotopic (exact) mass is 336 g/mol. The van der Waals surface area contributed by atoms with Gasteiger partial charge in [0.15, 0.2) is 0 Å². The smallest absolute Gasteiger partial charge is 0.319 e. The van der Waals surface area contributed by atoms with Crippen LogP contribution in [0.5, 0.6) is 0 Å². The van der Waals surface area contributed by atoms with Crippen LogP contribution in [0.1, 0.15) is 20.3 Å². The third kappa shape index (κ3) is 7.43. The second-order valence-corrected chi connectivity index (χ2v) is 5.68. The minimum Gasteiger partial charge on any atom is -0.375 e. The zero-order chi connectivity index (χ0) is 17.9. The van der Waals surface area contributed by atoms with Crippen LogP contribution in [0.3, 0.4) is 0 Å². The Bertz CT molecular complexity index is 536. The van der Waals surface area contributed by atoms with Gasteiger partial charge in [-0.3, -0.25) is 4.79 Å². The zero-order valence-corrected chi connectivity index (χ0v) is 14.9. The first-order valence-corrected chi connectivity index (χ1v) is 8.10. The maximum atomic E-state index is 11.9. The number of hydrogen-bond acceptors (Lipinski definition) is 4. The molecule has 0 aliphatic carbocycles. The number of benzene rings is 1. The van der Waals surface area contributed by atoms with Crippen LogP contribution in [-0.2, 0) is 9.53 Å². The van der Waals surface area contributed by atoms with Crippen molar-refractivity contribution < 1.29 is 14.3 Å². The number of nitrogens with zero attached hydrogens (tertiary/aromatic N) is 1. The van der Waals surface area contributed by atoms with Gasteiger partial charge in [-0.1, -0.05) is 13.0 Å². The van der Waals surface area contributed by atoms with Crippen molar-refractivity contribution in [2.45, 2.75) is 26.3 Å². The summed E-state index contributed by atoms with van der Waals surface area (Å²) in [7, 11) is 3.50. The highest BCUT2D eigenvalue weighted by Gasteiger charge is 2.08. The van der Waals surface area contributed by atoms with Crippen LogP contribution >= 0.6 is 0 Å². The highest BCUT2D eigenvalue weighted by molar-refractivity contribution is 5.94. The molecule has 0 saturated carbocycles. The number of amides is 3. The van der Waals surface area contributed by atoms with Gasteiger partial charge in [-0.25, -0.2) is 4.79 Å². The molecule has 0 radical (unpaired) electrons. The fourth-order valence-corrected chi connectivity index (χ4v) is 2.06. The van der Waals surface area contributed by atoms with Crippen LogP contribution in [-0.4, -0.2) is 56.7 Å². The molecule has 0 bridgehead atoms. The number of hydrogen-bond donors (Lipinski definition) is 3. The molecule has 1 aromatic rings. The summed E-state index contributed by atoms with van der Waals surface area (Å²) in [4.78, 5) is 25.6. The average molecular weight is 336 g/mol. The highest BCUT2D eigenvalue weighted by atomic mass is 16.5. The van der Waals surface area contributed by atoms with E-state index in [1.54, 1.807) is 24.3 Å². The molecule has 3 N–H and O–H groups in total. The lowest BCUT2D eigenvalue weighted by Gasteiger charge is -2.23. The van der Waals surface area contributed by atoms with E-state index in [9.17, 15) is 9.59 Å². The van der Waals surface area contributed by atoms with Crippen molar-refractivity contribution in [2.24, 2.45) is 0 Å². The van der Waals surface area contributed by atoms with E-state index >= 15 is 0 Å². The molecule has 7 nitrogen and oxygen atoms in total. The van der Waals surface area contributed by atoms with Crippen molar-refractivity contribution in [2.75, 3.05) is 44.5 Å². The van der Waals surface area contributed by atoms with Crippen molar-refractivity contribution in [1.29, 1.82) is 0 Å². The van der Waals surface area contributed by atoms with Crippen LogP contribution in [0, 0.1) is 0 Å². The second-order valence-electron chi connectivity index (χ2n) is 5.68. The molecule has 1 rings (SSSR count). The molecule has 0 aliphatic heterocycles. The molecule has 0 unspecified atom stereocenters. The summed E-state index contributed by atoms with van der Waals surface area (Å²) in [5.74, 6) is -0.243. The summed E-state index contributed by atoms with van der Waals surface area (Å²) < 4.78 is 4.76. The normalized spacial score (nSPS) is 11.9. The third-order valence-electron chi connectivity index (χ3n) is 3.77. The third-order valence-corrected chi connectivity index (χ3v) is 3.77. The SMILES string of the molecule is CC[C@H](C)N(C)CCNC(=O)Nc1cccc(NC(=O)COC)c1. The van der Waals surface area contributed by atoms with Gasteiger partial charge in [-0.2, -0.15) is 0 Å². The van der Waals surface area contributed by atoms with Crippen molar-refractivity contribution >= 4 is 23.3 Å². The fourth-order valence-electron chi connectivity index (χ4n) is 2.06. The lowest BCUT2D eigenvalue weighted by Crippen LogP contribution is -2.38. The molecular weight excluding hydrogens is 308 g/mol. The zero-order valence-electron chi connectivity index (χ0n) is 14.9. The van der Waals surface area contributed by atoms with Gasteiger partial charge in [0.1, 0.15) is 6.61 Å². The molecule has 24 heavy (non-hydrogen) atoms. The number of nitrogens with one attached hydrogen (secondary N) is 3. The van der Waals surface area contributed by atoms with E-state index in [0.29, 0.717) is 24.0 Å². The second kappa shape index (κ2) is 10.6. The Balaban J connectivity index is 2.42. The van der Waals surface area contributed by atoms with Gasteiger partial charge in [0.05, 0.1) is 0 Å². The average Bonchev–Trinajstić information content (AvgIpc) is 2.54. The quantitative estimate of drug-likeness (QED) is 0.645. The van der Waals surface area contributed by atoms with Crippen molar-refractivity contribution in [3.63, 3.8) is 0 Å². The van der Waals surface area contributed by atoms with Gasteiger partial charge >= 0.3 is 6.03 Å². The first kappa shape index (κ1) is 19.9. The van der Waals surface area contributed by atoms with Crippen LogP contribution in [0.2, 0.25) is 0 Å². The summed E-state index contributed by atoms with van der Waals surface area (Å²) in [6.07, 6.45) is 1.07. The number of urea groups is 1. The summed E-state index contributed by atoms with van der Waals surface area (Å²) in [6.45, 7) is 5.64. The van der Waals surface area contributed by atoms with Crippen LogP contribution in [0.15, 0.2) is 24.3 Å². The van der Waals surface area contributed by atoms with E-state index < -0.39 is 0 Å². The Morgan fingerprint density at radius 2 is 1.92 bits per heavy atom. The molecule has 3 amide bonds. The number of likely N-dealkylation sites (N-methyl/N-ethyl adjacent to an activating group) is 1. The Morgan fingerprint density at radius 3 is 2.54 bits per heavy atom. The standard InChI is InChI=1S/C17H28N4O3/c1-5-13(2)21(3)10-9-18-17(23)20-15-8-6-7-14(11-15)19-16(22)12-24-4/h6-8,11,13H,5,9-10,12H2,1-4H3,(H,19,22)(H2,18,20,23)/t13-/m0/s1. The molecule has 0 heterocycles. The molecule has 7 heteroatoms. The summed E-state index contributed by atoms with van der Waals surface area (Å²) >= 11 is 0. The van der Waals surface area contributed by atoms with Crippen LogP contribution < -0.4 is 16.0 Å². The fraction of sp³-hybridized carbons (Fsp3) is 0.529. The van der Waals surface area contributed by atoms with Crippen molar-refractivity contribution in [1.82, 2.24) is 10.2 Å². The summed E-state index contributed by atoms with van der Waals surface area (Å²) in [5, 5.41) is 8.27. The van der Waals surface area contributed by atoms with Crippen LogP contribution in [0.4, 0.5) is 16.2 Å². The van der Waals surface area contributed by atoms with E-state index in [1.165, 1.54) is 7.11 Å². The maximum absolute atomic E-state index is 11.9. The van der Waals surface area contributed by atoms with Gasteiger partial charge in [-0.15, -0.1) is 0 Å². The maximum Gasteiger partial charge on any atom is 0.319 e. The number of rotatable bonds is 9. The van der Waals surface area contributed by atoms with Gasteiger partial charge in [0, 0.05) is 37.6 Å². The van der Waals surface area contributed by atoms with Crippen LogP contribution in [0.25, 0.3) is 0 Å². The summed E-state index contributed by atoms with van der Waals surface area (Å²) in [6, 6.07) is 7.18. The van der Waals surface area contributed by atoms with Gasteiger partial charge < -0.3 is 25.6 Å². The molecule has 1 atom stereocenters. The lowest BCUT2D eigenvalue weighted by atomic mass is 10.2. The number of carbonyl (C=O) groups is 2. The molecule has 0 saturated heterocycles. The highest BCUT2D eigenvalue weighted by Crippen LogP contribution is 2.14. The van der Waals surface area contributed by atoms with E-state index in [1.807, 2.05) is 7.05 Å². The Hall–Kier alpha value is -2.12. The van der Waals surface area contributed by atoms with Gasteiger partial charge in [-0.05, 0) is 38.6 Å². The Labute approximate surface area is 143 Å². The Morgan fingerprint density at radius 1 is 1.25 bits per heavy atom. The summed E-state index contributed by atoms with van der Waals surface area (Å²) in [5.41, 5.74) is 1.21. The van der Waals surface area contributed by atoms with Crippen molar-refractivity contribution in [3.8, 4) is 0 Å². The predicted molar refractivity (Wildman–Crippen MR) is 96.4 cm³/mol. The number of methoxy groups -OCH3 is 1. The topological polar surface area (TPSA) is 82.7 Å². The first-order chi connectivity index (χ1) is 11.5. The number of ether oxygens (including phenoxy) is 1. The molecule has 0 aliphatic rings. The molecular formula is C17H28N4O3. The van der Waals surface area contributed by atoms with Crippen molar-refractivity contribution in [3.05, 3.63) is 24.3 Å². The van der Waals surface area contributed by atoms with Gasteiger partial charge in [0.25, 0.3) is 0 Å². The van der Waals surface area contributed by atoms with Gasteiger partial charge in [0.2, 0.25) is 5.91 Å². The van der Waals surface area contributed by atoms with E-state index in [0.717, 1.165) is 13.0 Å². The van der Waals surface area contributed by atoms with E-state index in [2.05, 4.69) is 34.7 Å². The minimum absolute atomic E-state index is 0.0121. The lowest BCUT2D eigenvalue weighted by molar-refractivity contribution is -0.119. The minimum atomic E-state index is -0.270. The molecule has 0 spiro atoms. The predicted octanol–water partition coefficient (Wildman–Crippen LogP) is 2.12. The Kier molecular flexibility index (Phi) is 8.81. The molecule has 1 aromatic carbocycles. The molecule has 134 valence electrons. The van der Waals surface area contributed by atoms with E-state index in [-0.39, 0.29) is 18.5 Å². The van der Waals surface area contributed by atoms with E-state index in [4.69, 9.17) is 4.74 Å².